The minimum atomic E-state index is -0.873. The minimum absolute atomic E-state index is 0.505. The average Bonchev–Trinajstić information content (AvgIpc) is 2.53. The van der Waals surface area contributed by atoms with Crippen LogP contribution < -0.4 is 14.2 Å². The van der Waals surface area contributed by atoms with Gasteiger partial charge in [0.25, 0.3) is 0 Å². The fraction of sp³-hybridized carbons (Fsp3) is 0.267. The Morgan fingerprint density at radius 3 is 2.50 bits per heavy atom. The first kappa shape index (κ1) is 14.1. The van der Waals surface area contributed by atoms with Crippen molar-refractivity contribution in [1.82, 2.24) is 4.98 Å². The van der Waals surface area contributed by atoms with Crippen LogP contribution >= 0.6 is 0 Å². The molecule has 0 aliphatic carbocycles. The zero-order valence-electron chi connectivity index (χ0n) is 11.7. The van der Waals surface area contributed by atoms with Crippen molar-refractivity contribution in [3.8, 4) is 17.2 Å². The van der Waals surface area contributed by atoms with E-state index in [1.54, 1.807) is 50.9 Å². The first-order valence-electron chi connectivity index (χ1n) is 6.09. The highest BCUT2D eigenvalue weighted by atomic mass is 16.5. The third-order valence-electron chi connectivity index (χ3n) is 3.01. The molecule has 0 fully saturated rings. The van der Waals surface area contributed by atoms with Crippen LogP contribution in [0.2, 0.25) is 0 Å². The lowest BCUT2D eigenvalue weighted by Crippen LogP contribution is -2.04. The van der Waals surface area contributed by atoms with Gasteiger partial charge in [-0.1, -0.05) is 12.1 Å². The molecule has 0 spiro atoms. The largest absolute Gasteiger partial charge is 0.495 e. The Hall–Kier alpha value is -2.27. The van der Waals surface area contributed by atoms with Crippen LogP contribution in [0.5, 0.6) is 17.2 Å². The van der Waals surface area contributed by atoms with Gasteiger partial charge in [0.05, 0.1) is 27.5 Å². The van der Waals surface area contributed by atoms with Gasteiger partial charge in [-0.15, -0.1) is 0 Å². The maximum atomic E-state index is 10.5. The van der Waals surface area contributed by atoms with Crippen molar-refractivity contribution in [3.63, 3.8) is 0 Å². The summed E-state index contributed by atoms with van der Waals surface area (Å²) in [6.45, 7) is 0. The molecule has 0 saturated heterocycles. The molecule has 1 unspecified atom stereocenters. The zero-order valence-corrected chi connectivity index (χ0v) is 11.7. The van der Waals surface area contributed by atoms with Gasteiger partial charge in [0, 0.05) is 17.3 Å². The maximum absolute atomic E-state index is 10.5. The number of benzene rings is 1. The lowest BCUT2D eigenvalue weighted by Gasteiger charge is -2.17. The first-order chi connectivity index (χ1) is 9.71. The van der Waals surface area contributed by atoms with E-state index < -0.39 is 6.10 Å². The molecule has 1 N–H and O–H groups in total. The number of aliphatic hydroxyl groups excluding tert-OH is 1. The normalized spacial score (nSPS) is 11.8. The smallest absolute Gasteiger partial charge is 0.166 e. The van der Waals surface area contributed by atoms with Gasteiger partial charge < -0.3 is 19.3 Å². The molecule has 0 aliphatic heterocycles. The van der Waals surface area contributed by atoms with Gasteiger partial charge in [-0.2, -0.15) is 0 Å². The molecule has 1 heterocycles. The summed E-state index contributed by atoms with van der Waals surface area (Å²) >= 11 is 0. The number of methoxy groups -OCH3 is 3. The number of aromatic nitrogens is 1. The van der Waals surface area contributed by atoms with E-state index in [0.717, 1.165) is 0 Å². The maximum Gasteiger partial charge on any atom is 0.166 e. The van der Waals surface area contributed by atoms with Crippen molar-refractivity contribution < 1.29 is 19.3 Å². The molecule has 0 radical (unpaired) electrons. The average molecular weight is 275 g/mol. The van der Waals surface area contributed by atoms with Gasteiger partial charge in [-0.05, 0) is 12.1 Å². The van der Waals surface area contributed by atoms with E-state index in [4.69, 9.17) is 14.2 Å². The Balaban J connectivity index is 2.44. The summed E-state index contributed by atoms with van der Waals surface area (Å²) in [5, 5.41) is 10.5. The Labute approximate surface area is 117 Å². The molecular formula is C15H17NO4. The van der Waals surface area contributed by atoms with E-state index in [9.17, 15) is 5.11 Å². The van der Waals surface area contributed by atoms with Crippen molar-refractivity contribution in [3.05, 3.63) is 47.8 Å². The van der Waals surface area contributed by atoms with Gasteiger partial charge in [0.1, 0.15) is 11.9 Å². The highest BCUT2D eigenvalue weighted by Crippen LogP contribution is 2.37. The summed E-state index contributed by atoms with van der Waals surface area (Å²) in [5.74, 6) is 1.66. The summed E-state index contributed by atoms with van der Waals surface area (Å²) < 4.78 is 15.7. The Morgan fingerprint density at radius 2 is 1.85 bits per heavy atom. The summed E-state index contributed by atoms with van der Waals surface area (Å²) in [7, 11) is 4.65. The van der Waals surface area contributed by atoms with Gasteiger partial charge in [-0.25, -0.2) is 0 Å². The number of pyridine rings is 1. The molecular weight excluding hydrogens is 258 g/mol. The van der Waals surface area contributed by atoms with Crippen molar-refractivity contribution >= 4 is 0 Å². The number of para-hydroxylation sites is 1. The second kappa shape index (κ2) is 6.25. The molecule has 20 heavy (non-hydrogen) atoms. The van der Waals surface area contributed by atoms with Crippen molar-refractivity contribution in [1.29, 1.82) is 0 Å². The predicted molar refractivity (Wildman–Crippen MR) is 74.4 cm³/mol. The monoisotopic (exact) mass is 275 g/mol. The highest BCUT2D eigenvalue weighted by Gasteiger charge is 2.19. The molecule has 2 aromatic rings. The molecule has 1 aromatic carbocycles. The number of nitrogens with zero attached hydrogens (tertiary/aromatic N) is 1. The van der Waals surface area contributed by atoms with Crippen LogP contribution in [-0.2, 0) is 0 Å². The van der Waals surface area contributed by atoms with Crippen LogP contribution in [-0.4, -0.2) is 31.4 Å². The quantitative estimate of drug-likeness (QED) is 0.906. The summed E-state index contributed by atoms with van der Waals surface area (Å²) in [6, 6.07) is 7.09. The van der Waals surface area contributed by atoms with Crippen molar-refractivity contribution in [2.75, 3.05) is 21.3 Å². The summed E-state index contributed by atoms with van der Waals surface area (Å²) in [4.78, 5) is 4.04. The molecule has 0 bridgehead atoms. The van der Waals surface area contributed by atoms with Gasteiger partial charge >= 0.3 is 0 Å². The Morgan fingerprint density at radius 1 is 1.05 bits per heavy atom. The molecule has 0 saturated carbocycles. The van der Waals surface area contributed by atoms with Crippen LogP contribution in [0.1, 0.15) is 17.2 Å². The van der Waals surface area contributed by atoms with Gasteiger partial charge in [-0.3, -0.25) is 4.98 Å². The molecule has 0 amide bonds. The first-order valence-corrected chi connectivity index (χ1v) is 6.09. The lowest BCUT2D eigenvalue weighted by atomic mass is 10.0. The number of rotatable bonds is 5. The minimum Gasteiger partial charge on any atom is -0.495 e. The molecule has 5 nitrogen and oxygen atoms in total. The van der Waals surface area contributed by atoms with Crippen molar-refractivity contribution in [2.45, 2.75) is 6.10 Å². The van der Waals surface area contributed by atoms with E-state index in [1.807, 2.05) is 0 Å². The predicted octanol–water partition coefficient (Wildman–Crippen LogP) is 2.19. The Kier molecular flexibility index (Phi) is 4.42. The summed E-state index contributed by atoms with van der Waals surface area (Å²) in [5.41, 5.74) is 1.23. The zero-order chi connectivity index (χ0) is 14.5. The van der Waals surface area contributed by atoms with E-state index in [2.05, 4.69) is 4.98 Å². The van der Waals surface area contributed by atoms with E-state index in [-0.39, 0.29) is 0 Å². The topological polar surface area (TPSA) is 60.8 Å². The molecule has 0 aliphatic rings. The van der Waals surface area contributed by atoms with Crippen LogP contribution in [0.3, 0.4) is 0 Å². The van der Waals surface area contributed by atoms with E-state index >= 15 is 0 Å². The van der Waals surface area contributed by atoms with Crippen LogP contribution in [0, 0.1) is 0 Å². The summed E-state index contributed by atoms with van der Waals surface area (Å²) in [6.07, 6.45) is 2.30. The molecule has 1 atom stereocenters. The van der Waals surface area contributed by atoms with Gasteiger partial charge in [0.15, 0.2) is 11.5 Å². The molecule has 106 valence electrons. The van der Waals surface area contributed by atoms with E-state index in [1.165, 1.54) is 7.11 Å². The second-order valence-electron chi connectivity index (χ2n) is 4.14. The number of hydrogen-bond acceptors (Lipinski definition) is 5. The number of aliphatic hydroxyl groups is 1. The van der Waals surface area contributed by atoms with Crippen LogP contribution in [0.15, 0.2) is 36.7 Å². The molecule has 2 rings (SSSR count). The molecule has 1 aromatic heterocycles. The Bertz CT molecular complexity index is 586. The standard InChI is InChI=1S/C15H17NO4/c1-18-11-7-10(8-16-9-11)14(17)12-5-4-6-13(19-2)15(12)20-3/h4-9,14,17H,1-3H3. The number of hydrogen-bond donors (Lipinski definition) is 1. The lowest BCUT2D eigenvalue weighted by molar-refractivity contribution is 0.212. The van der Waals surface area contributed by atoms with Crippen LogP contribution in [0.25, 0.3) is 0 Å². The fourth-order valence-corrected chi connectivity index (χ4v) is 2.00. The highest BCUT2D eigenvalue weighted by molar-refractivity contribution is 5.50. The third-order valence-corrected chi connectivity index (χ3v) is 3.01. The van der Waals surface area contributed by atoms with Gasteiger partial charge in [0.2, 0.25) is 0 Å². The molecule has 5 heteroatoms. The second-order valence-corrected chi connectivity index (χ2v) is 4.14. The van der Waals surface area contributed by atoms with Crippen LogP contribution in [0.4, 0.5) is 0 Å². The number of ether oxygens (including phenoxy) is 3. The SMILES string of the molecule is COc1cncc(C(O)c2cccc(OC)c2OC)c1. The third kappa shape index (κ3) is 2.67. The van der Waals surface area contributed by atoms with Crippen molar-refractivity contribution in [2.24, 2.45) is 0 Å². The van der Waals surface area contributed by atoms with E-state index in [0.29, 0.717) is 28.4 Å². The fourth-order valence-electron chi connectivity index (χ4n) is 2.00.